The van der Waals surface area contributed by atoms with E-state index in [0.717, 1.165) is 16.3 Å². The summed E-state index contributed by atoms with van der Waals surface area (Å²) in [5.41, 5.74) is 4.25. The van der Waals surface area contributed by atoms with Gasteiger partial charge in [-0.15, -0.1) is 11.3 Å². The molecular weight excluding hydrogens is 280 g/mol. The second-order valence-electron chi connectivity index (χ2n) is 4.66. The van der Waals surface area contributed by atoms with E-state index < -0.39 is 0 Å². The number of amides is 1. The van der Waals surface area contributed by atoms with Gasteiger partial charge in [-0.25, -0.2) is 5.43 Å². The van der Waals surface area contributed by atoms with Crippen LogP contribution in [0.3, 0.4) is 0 Å². The molecule has 3 rings (SSSR count). The molecule has 1 heterocycles. The molecule has 1 N–H and O–H groups in total. The predicted molar refractivity (Wildman–Crippen MR) is 88.1 cm³/mol. The van der Waals surface area contributed by atoms with E-state index in [4.69, 9.17) is 0 Å². The molecule has 0 radical (unpaired) electrons. The minimum atomic E-state index is -0.198. The Hall–Kier alpha value is -2.46. The largest absolute Gasteiger partial charge is 0.271 e. The van der Waals surface area contributed by atoms with E-state index in [0.29, 0.717) is 5.56 Å². The van der Waals surface area contributed by atoms with Gasteiger partial charge in [-0.05, 0) is 35.2 Å². The zero-order valence-corrected chi connectivity index (χ0v) is 12.4. The lowest BCUT2D eigenvalue weighted by Gasteiger charge is -2.04. The maximum Gasteiger partial charge on any atom is 0.271 e. The summed E-state index contributed by atoms with van der Waals surface area (Å²) in [5, 5.41) is 8.02. The van der Waals surface area contributed by atoms with Crippen LogP contribution in [-0.2, 0) is 0 Å². The van der Waals surface area contributed by atoms with Gasteiger partial charge in [0.1, 0.15) is 0 Å². The molecule has 3 aromatic rings. The van der Waals surface area contributed by atoms with Crippen LogP contribution in [0.5, 0.6) is 0 Å². The molecule has 4 heteroatoms. The number of fused-ring (bicyclic) bond motifs is 1. The molecule has 21 heavy (non-hydrogen) atoms. The van der Waals surface area contributed by atoms with Crippen LogP contribution in [0.2, 0.25) is 0 Å². The fourth-order valence-corrected chi connectivity index (χ4v) is 2.85. The number of thiophene rings is 1. The van der Waals surface area contributed by atoms with Crippen molar-refractivity contribution in [2.75, 3.05) is 0 Å². The maximum absolute atomic E-state index is 12.2. The van der Waals surface area contributed by atoms with E-state index in [2.05, 4.69) is 10.5 Å². The van der Waals surface area contributed by atoms with Crippen LogP contribution < -0.4 is 5.43 Å². The summed E-state index contributed by atoms with van der Waals surface area (Å²) < 4.78 is 0. The zero-order valence-electron chi connectivity index (χ0n) is 11.5. The molecule has 1 aromatic heterocycles. The summed E-state index contributed by atoms with van der Waals surface area (Å²) in [4.78, 5) is 13.4. The van der Waals surface area contributed by atoms with Gasteiger partial charge in [0.15, 0.2) is 0 Å². The highest BCUT2D eigenvalue weighted by molar-refractivity contribution is 7.10. The highest BCUT2D eigenvalue weighted by Crippen LogP contribution is 2.18. The summed E-state index contributed by atoms with van der Waals surface area (Å²) in [5.74, 6) is -0.198. The van der Waals surface area contributed by atoms with Gasteiger partial charge in [0, 0.05) is 16.0 Å². The number of aryl methyl sites for hydroxylation is 1. The molecule has 104 valence electrons. The molecule has 0 aliphatic rings. The Morgan fingerprint density at radius 1 is 1.14 bits per heavy atom. The summed E-state index contributed by atoms with van der Waals surface area (Å²) >= 11 is 1.66. The Morgan fingerprint density at radius 3 is 2.76 bits per heavy atom. The second-order valence-corrected chi connectivity index (χ2v) is 5.78. The average Bonchev–Trinajstić information content (AvgIpc) is 2.92. The topological polar surface area (TPSA) is 41.5 Å². The first-order chi connectivity index (χ1) is 10.3. The van der Waals surface area contributed by atoms with E-state index >= 15 is 0 Å². The Kier molecular flexibility index (Phi) is 3.79. The van der Waals surface area contributed by atoms with E-state index in [-0.39, 0.29) is 5.91 Å². The molecule has 0 aliphatic carbocycles. The van der Waals surface area contributed by atoms with Crippen LogP contribution >= 0.6 is 11.3 Å². The number of hydrazone groups is 1. The zero-order chi connectivity index (χ0) is 14.7. The molecule has 0 aliphatic heterocycles. The van der Waals surface area contributed by atoms with E-state index in [1.54, 1.807) is 17.6 Å². The fraction of sp³-hybridized carbons (Fsp3) is 0.0588. The van der Waals surface area contributed by atoms with Crippen LogP contribution in [0.4, 0.5) is 0 Å². The molecular formula is C17H14N2OS. The van der Waals surface area contributed by atoms with Gasteiger partial charge in [0.25, 0.3) is 5.91 Å². The summed E-state index contributed by atoms with van der Waals surface area (Å²) in [6, 6.07) is 15.5. The number of benzene rings is 2. The van der Waals surface area contributed by atoms with Crippen molar-refractivity contribution in [1.82, 2.24) is 5.43 Å². The molecule has 0 spiro atoms. The smallest absolute Gasteiger partial charge is 0.267 e. The molecule has 0 atom stereocenters. The number of nitrogens with one attached hydrogen (secondary N) is 1. The summed E-state index contributed by atoms with van der Waals surface area (Å²) in [6.07, 6.45) is 1.68. The maximum atomic E-state index is 12.2. The number of hydrogen-bond donors (Lipinski definition) is 1. The molecule has 0 saturated carbocycles. The normalized spacial score (nSPS) is 11.1. The van der Waals surface area contributed by atoms with Gasteiger partial charge >= 0.3 is 0 Å². The average molecular weight is 294 g/mol. The molecule has 0 saturated heterocycles. The van der Waals surface area contributed by atoms with Crippen molar-refractivity contribution in [3.8, 4) is 0 Å². The number of carbonyl (C=O) groups excluding carboxylic acids is 1. The van der Waals surface area contributed by atoms with Crippen molar-refractivity contribution in [2.24, 2.45) is 5.10 Å². The Morgan fingerprint density at radius 2 is 1.95 bits per heavy atom. The van der Waals surface area contributed by atoms with Gasteiger partial charge < -0.3 is 0 Å². The van der Waals surface area contributed by atoms with Gasteiger partial charge in [-0.1, -0.05) is 36.4 Å². The quantitative estimate of drug-likeness (QED) is 0.576. The fourth-order valence-electron chi connectivity index (χ4n) is 2.17. The first kappa shape index (κ1) is 13.5. The van der Waals surface area contributed by atoms with Crippen molar-refractivity contribution in [3.63, 3.8) is 0 Å². The minimum Gasteiger partial charge on any atom is -0.267 e. The van der Waals surface area contributed by atoms with Crippen molar-refractivity contribution in [3.05, 3.63) is 69.9 Å². The first-order valence-electron chi connectivity index (χ1n) is 6.61. The van der Waals surface area contributed by atoms with Crippen molar-refractivity contribution < 1.29 is 4.79 Å². The number of hydrogen-bond acceptors (Lipinski definition) is 3. The molecule has 2 aromatic carbocycles. The first-order valence-corrected chi connectivity index (χ1v) is 7.49. The third kappa shape index (κ3) is 2.85. The Labute approximate surface area is 126 Å². The lowest BCUT2D eigenvalue weighted by molar-refractivity contribution is 0.0957. The SMILES string of the molecule is Cc1sccc1/C=N/NC(=O)c1cccc2ccccc12. The molecule has 0 bridgehead atoms. The highest BCUT2D eigenvalue weighted by atomic mass is 32.1. The van der Waals surface area contributed by atoms with Crippen LogP contribution in [0, 0.1) is 6.92 Å². The van der Waals surface area contributed by atoms with Gasteiger partial charge in [0.05, 0.1) is 6.21 Å². The van der Waals surface area contributed by atoms with Crippen molar-refractivity contribution >= 4 is 34.2 Å². The van der Waals surface area contributed by atoms with Gasteiger partial charge in [0.2, 0.25) is 0 Å². The lowest BCUT2D eigenvalue weighted by Crippen LogP contribution is -2.17. The number of rotatable bonds is 3. The molecule has 0 fully saturated rings. The van der Waals surface area contributed by atoms with E-state index in [9.17, 15) is 4.79 Å². The van der Waals surface area contributed by atoms with Crippen LogP contribution in [-0.4, -0.2) is 12.1 Å². The minimum absolute atomic E-state index is 0.198. The Balaban J connectivity index is 1.82. The predicted octanol–water partition coefficient (Wildman–Crippen LogP) is 3.97. The second kappa shape index (κ2) is 5.89. The third-order valence-corrected chi connectivity index (χ3v) is 4.16. The highest BCUT2D eigenvalue weighted by Gasteiger charge is 2.08. The summed E-state index contributed by atoms with van der Waals surface area (Å²) in [6.45, 7) is 2.03. The molecule has 0 unspecified atom stereocenters. The van der Waals surface area contributed by atoms with E-state index in [1.165, 1.54) is 4.88 Å². The van der Waals surface area contributed by atoms with Gasteiger partial charge in [-0.2, -0.15) is 5.10 Å². The van der Waals surface area contributed by atoms with Crippen LogP contribution in [0.15, 0.2) is 59.0 Å². The monoisotopic (exact) mass is 294 g/mol. The van der Waals surface area contributed by atoms with Crippen LogP contribution in [0.1, 0.15) is 20.8 Å². The molecule has 3 nitrogen and oxygen atoms in total. The standard InChI is InChI=1S/C17H14N2OS/c1-12-14(9-10-21-12)11-18-19-17(20)16-8-4-6-13-5-2-3-7-15(13)16/h2-11H,1H3,(H,19,20)/b18-11+. The van der Waals surface area contributed by atoms with Crippen molar-refractivity contribution in [2.45, 2.75) is 6.92 Å². The van der Waals surface area contributed by atoms with Gasteiger partial charge in [-0.3, -0.25) is 4.79 Å². The molecule has 1 amide bonds. The Bertz CT molecular complexity index is 815. The number of carbonyl (C=O) groups is 1. The van der Waals surface area contributed by atoms with Crippen LogP contribution in [0.25, 0.3) is 10.8 Å². The lowest BCUT2D eigenvalue weighted by atomic mass is 10.0. The van der Waals surface area contributed by atoms with Crippen molar-refractivity contribution in [1.29, 1.82) is 0 Å². The third-order valence-electron chi connectivity index (χ3n) is 3.30. The number of nitrogens with zero attached hydrogens (tertiary/aromatic N) is 1. The van der Waals surface area contributed by atoms with E-state index in [1.807, 2.05) is 60.8 Å². The summed E-state index contributed by atoms with van der Waals surface area (Å²) in [7, 11) is 0.